The number of thiophene rings is 1. The summed E-state index contributed by atoms with van der Waals surface area (Å²) in [6.45, 7) is 0. The fraction of sp³-hybridized carbons (Fsp3) is 0. The zero-order valence-electron chi connectivity index (χ0n) is 23.2. The first-order valence-corrected chi connectivity index (χ1v) is 16.1. The lowest BCUT2D eigenvalue weighted by atomic mass is 9.99. The van der Waals surface area contributed by atoms with Crippen molar-refractivity contribution in [1.82, 2.24) is 0 Å². The summed E-state index contributed by atoms with van der Waals surface area (Å²) in [7, 11) is 0. The van der Waals surface area contributed by atoms with Gasteiger partial charge in [-0.1, -0.05) is 103 Å². The molecule has 0 saturated carbocycles. The first-order chi connectivity index (χ1) is 21.3. The molecule has 0 bridgehead atoms. The molecule has 0 aliphatic carbocycles. The summed E-state index contributed by atoms with van der Waals surface area (Å²) in [5.41, 5.74) is 8.33. The van der Waals surface area contributed by atoms with E-state index in [1.165, 1.54) is 63.0 Å². The summed E-state index contributed by atoms with van der Waals surface area (Å²) < 4.78 is 2.73. The predicted octanol–water partition coefficient (Wildman–Crippen LogP) is 12.5. The van der Waals surface area contributed by atoms with Gasteiger partial charge in [-0.25, -0.2) is 0 Å². The van der Waals surface area contributed by atoms with Crippen LogP contribution in [0.25, 0.3) is 53.2 Å². The molecule has 2 heterocycles. The van der Waals surface area contributed by atoms with Crippen molar-refractivity contribution in [1.29, 1.82) is 0 Å². The van der Waals surface area contributed by atoms with E-state index >= 15 is 0 Å². The predicted molar refractivity (Wildman–Crippen MR) is 187 cm³/mol. The fourth-order valence-corrected chi connectivity index (χ4v) is 8.88. The van der Waals surface area contributed by atoms with Gasteiger partial charge in [-0.15, -0.1) is 11.3 Å². The van der Waals surface area contributed by atoms with E-state index in [-0.39, 0.29) is 0 Å². The maximum atomic E-state index is 2.40. The Kier molecular flexibility index (Phi) is 5.68. The molecular formula is C40H25NS2. The van der Waals surface area contributed by atoms with E-state index < -0.39 is 0 Å². The molecule has 1 nitrogen and oxygen atoms in total. The Morgan fingerprint density at radius 2 is 1.07 bits per heavy atom. The number of hydrogen-bond acceptors (Lipinski definition) is 3. The van der Waals surface area contributed by atoms with Crippen LogP contribution in [0.1, 0.15) is 0 Å². The van der Waals surface area contributed by atoms with Gasteiger partial charge in [0.15, 0.2) is 0 Å². The van der Waals surface area contributed by atoms with Crippen LogP contribution in [0.3, 0.4) is 0 Å². The Bertz CT molecular complexity index is 2300. The molecule has 43 heavy (non-hydrogen) atoms. The smallest absolute Gasteiger partial charge is 0.0467 e. The van der Waals surface area contributed by atoms with Crippen molar-refractivity contribution >= 4 is 71.1 Å². The topological polar surface area (TPSA) is 3.24 Å². The van der Waals surface area contributed by atoms with Gasteiger partial charge in [-0.05, 0) is 88.3 Å². The number of benzene rings is 7. The molecule has 0 unspecified atom stereocenters. The van der Waals surface area contributed by atoms with E-state index in [9.17, 15) is 0 Å². The molecule has 0 saturated heterocycles. The second kappa shape index (κ2) is 9.88. The van der Waals surface area contributed by atoms with Crippen LogP contribution in [0.5, 0.6) is 0 Å². The molecule has 1 aliphatic rings. The third-order valence-electron chi connectivity index (χ3n) is 8.41. The molecule has 8 aromatic rings. The van der Waals surface area contributed by atoms with Crippen LogP contribution in [0.2, 0.25) is 0 Å². The van der Waals surface area contributed by atoms with Crippen LogP contribution in [0.15, 0.2) is 161 Å². The van der Waals surface area contributed by atoms with Crippen molar-refractivity contribution in [2.45, 2.75) is 9.79 Å². The van der Waals surface area contributed by atoms with Gasteiger partial charge in [0.2, 0.25) is 0 Å². The lowest BCUT2D eigenvalue weighted by Crippen LogP contribution is -2.09. The van der Waals surface area contributed by atoms with Gasteiger partial charge in [0.25, 0.3) is 0 Å². The summed E-state index contributed by atoms with van der Waals surface area (Å²) in [6, 6.07) is 55.1. The molecule has 0 atom stereocenters. The molecule has 202 valence electrons. The number of hydrogen-bond donors (Lipinski definition) is 0. The fourth-order valence-electron chi connectivity index (χ4n) is 6.43. The second-order valence-corrected chi connectivity index (χ2v) is 13.1. The van der Waals surface area contributed by atoms with Crippen molar-refractivity contribution in [2.75, 3.05) is 4.90 Å². The normalized spacial score (nSPS) is 12.1. The Morgan fingerprint density at radius 1 is 0.372 bits per heavy atom. The molecule has 9 rings (SSSR count). The standard InChI is InChI=1S/C40H25NS2/c1-3-9-26(10-4-1)27-17-20-32(21-18-27)41(31-13-5-2-6-14-31)33-15-7-12-29(23-33)30-24-36-39-37(25-30)43-35-22-19-28-11-8-16-34(42-36)38(28)40(35)39/h1-25H. The largest absolute Gasteiger partial charge is 0.310 e. The zero-order valence-corrected chi connectivity index (χ0v) is 24.8. The lowest BCUT2D eigenvalue weighted by molar-refractivity contribution is 1.28. The van der Waals surface area contributed by atoms with Gasteiger partial charge >= 0.3 is 0 Å². The third kappa shape index (κ3) is 4.08. The van der Waals surface area contributed by atoms with Crippen molar-refractivity contribution in [3.05, 3.63) is 152 Å². The summed E-state index contributed by atoms with van der Waals surface area (Å²) >= 11 is 3.82. The van der Waals surface area contributed by atoms with Crippen molar-refractivity contribution in [2.24, 2.45) is 0 Å². The Labute approximate surface area is 258 Å². The van der Waals surface area contributed by atoms with Crippen LogP contribution in [0, 0.1) is 0 Å². The monoisotopic (exact) mass is 583 g/mol. The van der Waals surface area contributed by atoms with Crippen LogP contribution < -0.4 is 4.90 Å². The minimum absolute atomic E-state index is 1.13. The van der Waals surface area contributed by atoms with Crippen LogP contribution >= 0.6 is 23.1 Å². The summed E-state index contributed by atoms with van der Waals surface area (Å²) in [5.74, 6) is 0. The lowest BCUT2D eigenvalue weighted by Gasteiger charge is -2.26. The van der Waals surface area contributed by atoms with E-state index in [0.29, 0.717) is 0 Å². The molecule has 0 radical (unpaired) electrons. The first-order valence-electron chi connectivity index (χ1n) is 14.5. The maximum absolute atomic E-state index is 2.40. The summed E-state index contributed by atoms with van der Waals surface area (Å²) in [5, 5.41) is 5.59. The van der Waals surface area contributed by atoms with E-state index in [4.69, 9.17) is 0 Å². The van der Waals surface area contributed by atoms with Gasteiger partial charge in [-0.3, -0.25) is 0 Å². The highest BCUT2D eigenvalue weighted by atomic mass is 32.2. The molecule has 0 spiro atoms. The van der Waals surface area contributed by atoms with Gasteiger partial charge in [0, 0.05) is 52.4 Å². The molecule has 3 heteroatoms. The molecule has 0 fully saturated rings. The quantitative estimate of drug-likeness (QED) is 0.198. The van der Waals surface area contributed by atoms with Crippen LogP contribution in [-0.2, 0) is 0 Å². The van der Waals surface area contributed by atoms with E-state index in [1.54, 1.807) is 0 Å². The zero-order chi connectivity index (χ0) is 28.3. The van der Waals surface area contributed by atoms with Crippen molar-refractivity contribution in [3.63, 3.8) is 0 Å². The molecule has 1 aliphatic heterocycles. The Hall–Kier alpha value is -4.83. The number of para-hydroxylation sites is 1. The van der Waals surface area contributed by atoms with Crippen molar-refractivity contribution in [3.8, 4) is 22.3 Å². The number of anilines is 3. The van der Waals surface area contributed by atoms with E-state index in [0.717, 1.165) is 17.1 Å². The second-order valence-electron chi connectivity index (χ2n) is 11.0. The SMILES string of the molecule is c1ccc(-c2ccc(N(c3ccccc3)c3cccc(-c4cc5c6c(c4)sc4ccc7cccc(c7c46)S5)c3)cc2)cc1. The highest BCUT2D eigenvalue weighted by molar-refractivity contribution is 8.00. The average Bonchev–Trinajstić information content (AvgIpc) is 3.46. The minimum atomic E-state index is 1.13. The van der Waals surface area contributed by atoms with Gasteiger partial charge in [-0.2, -0.15) is 0 Å². The average molecular weight is 584 g/mol. The molecule has 1 aromatic heterocycles. The molecule has 0 N–H and O–H groups in total. The Balaban J connectivity index is 1.17. The van der Waals surface area contributed by atoms with E-state index in [2.05, 4.69) is 157 Å². The highest BCUT2D eigenvalue weighted by Gasteiger charge is 2.22. The molecular weight excluding hydrogens is 559 g/mol. The minimum Gasteiger partial charge on any atom is -0.310 e. The Morgan fingerprint density at radius 3 is 1.91 bits per heavy atom. The summed E-state index contributed by atoms with van der Waals surface area (Å²) in [4.78, 5) is 5.06. The highest BCUT2D eigenvalue weighted by Crippen LogP contribution is 2.52. The van der Waals surface area contributed by atoms with Crippen LogP contribution in [0.4, 0.5) is 17.1 Å². The van der Waals surface area contributed by atoms with Gasteiger partial charge in [0.05, 0.1) is 0 Å². The number of rotatable bonds is 5. The van der Waals surface area contributed by atoms with E-state index in [1.807, 2.05) is 23.1 Å². The number of nitrogens with zero attached hydrogens (tertiary/aromatic N) is 1. The van der Waals surface area contributed by atoms with Gasteiger partial charge in [0.1, 0.15) is 0 Å². The molecule has 7 aromatic carbocycles. The maximum Gasteiger partial charge on any atom is 0.0467 e. The molecule has 0 amide bonds. The van der Waals surface area contributed by atoms with Gasteiger partial charge < -0.3 is 4.90 Å². The summed E-state index contributed by atoms with van der Waals surface area (Å²) in [6.07, 6.45) is 0. The van der Waals surface area contributed by atoms with Crippen molar-refractivity contribution < 1.29 is 0 Å². The third-order valence-corrected chi connectivity index (χ3v) is 10.6. The van der Waals surface area contributed by atoms with Crippen LogP contribution in [-0.4, -0.2) is 0 Å². The first kappa shape index (κ1) is 24.7.